The first kappa shape index (κ1) is 9.81. The highest BCUT2D eigenvalue weighted by atomic mass is 35.5. The fourth-order valence-electron chi connectivity index (χ4n) is 1.59. The molecule has 3 nitrogen and oxygen atoms in total. The molecule has 0 spiro atoms. The highest BCUT2D eigenvalue weighted by Gasteiger charge is 2.42. The number of hydrogen-bond donors (Lipinski definition) is 1. The molecule has 0 aromatic carbocycles. The zero-order valence-electron chi connectivity index (χ0n) is 7.38. The Kier molecular flexibility index (Phi) is 2.64. The summed E-state index contributed by atoms with van der Waals surface area (Å²) < 4.78 is 0. The highest BCUT2D eigenvalue weighted by Crippen LogP contribution is 2.28. The Morgan fingerprint density at radius 1 is 1.75 bits per heavy atom. The van der Waals surface area contributed by atoms with Gasteiger partial charge < -0.3 is 10.0 Å². The Labute approximate surface area is 77.3 Å². The molecule has 0 aromatic heterocycles. The Morgan fingerprint density at radius 2 is 2.33 bits per heavy atom. The van der Waals surface area contributed by atoms with Gasteiger partial charge in [-0.05, 0) is 20.3 Å². The maximum atomic E-state index is 11.3. The molecule has 0 aliphatic carbocycles. The molecule has 1 aliphatic heterocycles. The highest BCUT2D eigenvalue weighted by molar-refractivity contribution is 6.27. The van der Waals surface area contributed by atoms with Crippen molar-refractivity contribution in [3.63, 3.8) is 0 Å². The van der Waals surface area contributed by atoms with Crippen LogP contribution in [0.15, 0.2) is 0 Å². The Morgan fingerprint density at radius 3 is 2.67 bits per heavy atom. The molecule has 4 heteroatoms. The molecular formula is C8H14ClNO2. The van der Waals surface area contributed by atoms with E-state index in [9.17, 15) is 9.90 Å². The van der Waals surface area contributed by atoms with Crippen LogP contribution in [0.2, 0.25) is 0 Å². The van der Waals surface area contributed by atoms with Gasteiger partial charge in [-0.3, -0.25) is 4.79 Å². The van der Waals surface area contributed by atoms with E-state index in [2.05, 4.69) is 0 Å². The molecule has 1 atom stereocenters. The van der Waals surface area contributed by atoms with Crippen LogP contribution < -0.4 is 0 Å². The van der Waals surface area contributed by atoms with Gasteiger partial charge in [0.25, 0.3) is 0 Å². The van der Waals surface area contributed by atoms with Gasteiger partial charge in [0.1, 0.15) is 5.88 Å². The number of hydrogen-bond acceptors (Lipinski definition) is 2. The minimum atomic E-state index is -0.452. The molecule has 1 rings (SSSR count). The van der Waals surface area contributed by atoms with Crippen molar-refractivity contribution in [2.24, 2.45) is 0 Å². The smallest absolute Gasteiger partial charge is 0.238 e. The van der Waals surface area contributed by atoms with E-state index in [1.807, 2.05) is 13.8 Å². The van der Waals surface area contributed by atoms with Crippen LogP contribution in [0.3, 0.4) is 0 Å². The van der Waals surface area contributed by atoms with Crippen LogP contribution >= 0.6 is 11.6 Å². The van der Waals surface area contributed by atoms with Crippen molar-refractivity contribution in [2.45, 2.75) is 31.9 Å². The van der Waals surface area contributed by atoms with Crippen molar-refractivity contribution in [2.75, 3.05) is 12.4 Å². The summed E-state index contributed by atoms with van der Waals surface area (Å²) in [5.74, 6) is -0.103. The van der Waals surface area contributed by atoms with E-state index < -0.39 is 11.6 Å². The van der Waals surface area contributed by atoms with Crippen molar-refractivity contribution in [3.05, 3.63) is 0 Å². The number of alkyl halides is 1. The van der Waals surface area contributed by atoms with Gasteiger partial charge in [0.2, 0.25) is 5.91 Å². The van der Waals surface area contributed by atoms with E-state index in [0.29, 0.717) is 13.0 Å². The lowest BCUT2D eigenvalue weighted by molar-refractivity contribution is -0.133. The first-order valence-corrected chi connectivity index (χ1v) is 4.58. The molecule has 12 heavy (non-hydrogen) atoms. The van der Waals surface area contributed by atoms with Gasteiger partial charge >= 0.3 is 0 Å². The molecule has 1 N–H and O–H groups in total. The van der Waals surface area contributed by atoms with Gasteiger partial charge in [-0.1, -0.05) is 0 Å². The van der Waals surface area contributed by atoms with E-state index in [1.165, 1.54) is 0 Å². The SMILES string of the molecule is CC1(C)C(O)CCN1C(=O)CCl. The molecule has 70 valence electrons. The third-order valence-electron chi connectivity index (χ3n) is 2.55. The zero-order chi connectivity index (χ0) is 9.35. The number of halogens is 1. The topological polar surface area (TPSA) is 40.5 Å². The van der Waals surface area contributed by atoms with Gasteiger partial charge in [-0.2, -0.15) is 0 Å². The lowest BCUT2D eigenvalue weighted by Gasteiger charge is -2.33. The Bertz CT molecular complexity index is 193. The summed E-state index contributed by atoms with van der Waals surface area (Å²) in [6.45, 7) is 4.32. The average molecular weight is 192 g/mol. The predicted molar refractivity (Wildman–Crippen MR) is 47.1 cm³/mol. The molecule has 1 amide bonds. The standard InChI is InChI=1S/C8H14ClNO2/c1-8(2)6(11)3-4-10(8)7(12)5-9/h6,11H,3-5H2,1-2H3. The minimum absolute atomic E-state index is 0.00382. The lowest BCUT2D eigenvalue weighted by atomic mass is 9.99. The molecular weight excluding hydrogens is 178 g/mol. The third-order valence-corrected chi connectivity index (χ3v) is 2.78. The van der Waals surface area contributed by atoms with E-state index >= 15 is 0 Å². The number of aliphatic hydroxyl groups is 1. The molecule has 0 aromatic rings. The minimum Gasteiger partial charge on any atom is -0.391 e. The second kappa shape index (κ2) is 3.23. The summed E-state index contributed by atoms with van der Waals surface area (Å²) >= 11 is 5.43. The maximum absolute atomic E-state index is 11.3. The molecule has 1 fully saturated rings. The number of rotatable bonds is 1. The Balaban J connectivity index is 2.74. The van der Waals surface area contributed by atoms with E-state index in [-0.39, 0.29) is 11.8 Å². The number of likely N-dealkylation sites (tertiary alicyclic amines) is 1. The third kappa shape index (κ3) is 1.43. The quantitative estimate of drug-likeness (QED) is 0.617. The van der Waals surface area contributed by atoms with Crippen LogP contribution in [0.5, 0.6) is 0 Å². The van der Waals surface area contributed by atoms with Crippen LogP contribution in [0.25, 0.3) is 0 Å². The fraction of sp³-hybridized carbons (Fsp3) is 0.875. The average Bonchev–Trinajstić information content (AvgIpc) is 2.27. The van der Waals surface area contributed by atoms with Crippen LogP contribution in [0.1, 0.15) is 20.3 Å². The second-order valence-electron chi connectivity index (χ2n) is 3.64. The number of aliphatic hydroxyl groups excluding tert-OH is 1. The molecule has 0 saturated carbocycles. The van der Waals surface area contributed by atoms with Crippen LogP contribution in [0.4, 0.5) is 0 Å². The van der Waals surface area contributed by atoms with Gasteiger partial charge in [0.05, 0.1) is 11.6 Å². The van der Waals surface area contributed by atoms with E-state index in [4.69, 9.17) is 11.6 Å². The molecule has 1 saturated heterocycles. The fourth-order valence-corrected chi connectivity index (χ4v) is 1.74. The van der Waals surface area contributed by atoms with E-state index in [0.717, 1.165) is 0 Å². The van der Waals surface area contributed by atoms with Crippen LogP contribution in [-0.2, 0) is 4.79 Å². The maximum Gasteiger partial charge on any atom is 0.238 e. The normalized spacial score (nSPS) is 27.7. The van der Waals surface area contributed by atoms with Gasteiger partial charge in [0, 0.05) is 6.54 Å². The number of carbonyl (C=O) groups excluding carboxylic acids is 1. The second-order valence-corrected chi connectivity index (χ2v) is 3.90. The van der Waals surface area contributed by atoms with Crippen molar-refractivity contribution in [1.29, 1.82) is 0 Å². The molecule has 0 radical (unpaired) electrons. The summed E-state index contributed by atoms with van der Waals surface area (Å²) in [4.78, 5) is 12.9. The number of amides is 1. The summed E-state index contributed by atoms with van der Waals surface area (Å²) in [5, 5.41) is 9.53. The lowest BCUT2D eigenvalue weighted by Crippen LogP contribution is -2.48. The first-order valence-electron chi connectivity index (χ1n) is 4.04. The Hall–Kier alpha value is -0.280. The molecule has 1 aliphatic rings. The summed E-state index contributed by atoms with van der Waals surface area (Å²) in [5.41, 5.74) is -0.452. The van der Waals surface area contributed by atoms with Crippen molar-refractivity contribution in [1.82, 2.24) is 4.90 Å². The van der Waals surface area contributed by atoms with Gasteiger partial charge in [-0.15, -0.1) is 11.6 Å². The van der Waals surface area contributed by atoms with E-state index in [1.54, 1.807) is 4.90 Å². The predicted octanol–water partition coefficient (Wildman–Crippen LogP) is 0.597. The van der Waals surface area contributed by atoms with Crippen molar-refractivity contribution >= 4 is 17.5 Å². The zero-order valence-corrected chi connectivity index (χ0v) is 8.14. The largest absolute Gasteiger partial charge is 0.391 e. The summed E-state index contributed by atoms with van der Waals surface area (Å²) in [6, 6.07) is 0. The van der Waals surface area contributed by atoms with Crippen molar-refractivity contribution in [3.8, 4) is 0 Å². The van der Waals surface area contributed by atoms with Crippen LogP contribution in [-0.4, -0.2) is 40.0 Å². The van der Waals surface area contributed by atoms with Crippen LogP contribution in [0, 0.1) is 0 Å². The molecule has 1 heterocycles. The van der Waals surface area contributed by atoms with Crippen molar-refractivity contribution < 1.29 is 9.90 Å². The monoisotopic (exact) mass is 191 g/mol. The summed E-state index contributed by atoms with van der Waals surface area (Å²) in [7, 11) is 0. The first-order chi connectivity index (χ1) is 5.50. The van der Waals surface area contributed by atoms with Gasteiger partial charge in [0.15, 0.2) is 0 Å². The summed E-state index contributed by atoms with van der Waals surface area (Å²) in [6.07, 6.45) is 0.222. The van der Waals surface area contributed by atoms with Gasteiger partial charge in [-0.25, -0.2) is 0 Å². The number of carbonyl (C=O) groups is 1. The molecule has 1 unspecified atom stereocenters. The number of nitrogens with zero attached hydrogens (tertiary/aromatic N) is 1. The molecule has 0 bridgehead atoms.